The van der Waals surface area contributed by atoms with Crippen molar-refractivity contribution in [2.24, 2.45) is 5.73 Å². The predicted molar refractivity (Wildman–Crippen MR) is 92.7 cm³/mol. The maximum atomic E-state index is 10.6. The lowest BCUT2D eigenvalue weighted by atomic mass is 9.89. The van der Waals surface area contributed by atoms with Gasteiger partial charge in [0.2, 0.25) is 0 Å². The van der Waals surface area contributed by atoms with E-state index < -0.39 is 6.10 Å². The topological polar surface area (TPSA) is 46.2 Å². The minimum Gasteiger partial charge on any atom is -0.388 e. The number of halogens is 3. The Morgan fingerprint density at radius 3 is 2.10 bits per heavy atom. The third-order valence-corrected chi connectivity index (χ3v) is 4.92. The van der Waals surface area contributed by atoms with Crippen LogP contribution in [-0.4, -0.2) is 11.7 Å². The van der Waals surface area contributed by atoms with Crippen LogP contribution in [0, 0.1) is 0 Å². The molecular formula is C15H14Br3NO. The van der Waals surface area contributed by atoms with Gasteiger partial charge in [0, 0.05) is 25.9 Å². The van der Waals surface area contributed by atoms with Crippen molar-refractivity contribution >= 4 is 47.8 Å². The molecule has 0 aliphatic heterocycles. The van der Waals surface area contributed by atoms with Crippen molar-refractivity contribution in [2.45, 2.75) is 12.0 Å². The van der Waals surface area contributed by atoms with E-state index in [2.05, 4.69) is 47.8 Å². The Bertz CT molecular complexity index is 586. The average molecular weight is 464 g/mol. The van der Waals surface area contributed by atoms with Crippen LogP contribution in [0.1, 0.15) is 23.1 Å². The number of rotatable bonds is 4. The van der Waals surface area contributed by atoms with Crippen molar-refractivity contribution in [3.8, 4) is 0 Å². The summed E-state index contributed by atoms with van der Waals surface area (Å²) in [4.78, 5) is 0. The van der Waals surface area contributed by atoms with E-state index in [1.165, 1.54) is 0 Å². The second-order valence-corrected chi connectivity index (χ2v) is 7.19. The van der Waals surface area contributed by atoms with Gasteiger partial charge < -0.3 is 10.8 Å². The molecule has 2 rings (SSSR count). The van der Waals surface area contributed by atoms with E-state index in [4.69, 9.17) is 5.73 Å². The molecule has 20 heavy (non-hydrogen) atoms. The van der Waals surface area contributed by atoms with Crippen LogP contribution in [0.25, 0.3) is 0 Å². The quantitative estimate of drug-likeness (QED) is 0.687. The highest BCUT2D eigenvalue weighted by Gasteiger charge is 2.23. The number of aliphatic hydroxyl groups excluding tert-OH is 1. The van der Waals surface area contributed by atoms with Crippen LogP contribution < -0.4 is 5.73 Å². The first-order chi connectivity index (χ1) is 9.52. The first-order valence-electron chi connectivity index (χ1n) is 6.11. The monoisotopic (exact) mass is 461 g/mol. The molecule has 106 valence electrons. The lowest BCUT2D eigenvalue weighted by Crippen LogP contribution is -2.20. The molecule has 0 heterocycles. The summed E-state index contributed by atoms with van der Waals surface area (Å²) in [5.41, 5.74) is 7.73. The van der Waals surface area contributed by atoms with Crippen LogP contribution in [-0.2, 0) is 0 Å². The van der Waals surface area contributed by atoms with Crippen molar-refractivity contribution in [3.05, 3.63) is 67.0 Å². The van der Waals surface area contributed by atoms with Crippen molar-refractivity contribution in [3.63, 3.8) is 0 Å². The van der Waals surface area contributed by atoms with E-state index >= 15 is 0 Å². The smallest absolute Gasteiger partial charge is 0.0881 e. The fourth-order valence-corrected chi connectivity index (χ4v) is 3.66. The molecule has 0 spiro atoms. The molecule has 2 aromatic rings. The molecule has 3 N–H and O–H groups in total. The average Bonchev–Trinajstić information content (AvgIpc) is 2.41. The zero-order valence-corrected chi connectivity index (χ0v) is 15.3. The molecule has 2 unspecified atom stereocenters. The van der Waals surface area contributed by atoms with E-state index in [0.29, 0.717) is 6.54 Å². The maximum absolute atomic E-state index is 10.6. The van der Waals surface area contributed by atoms with Gasteiger partial charge in [0.15, 0.2) is 0 Å². The Kier molecular flexibility index (Phi) is 5.81. The van der Waals surface area contributed by atoms with Gasteiger partial charge in [0.25, 0.3) is 0 Å². The molecule has 2 nitrogen and oxygen atoms in total. The number of nitrogens with two attached hydrogens (primary N) is 1. The van der Waals surface area contributed by atoms with Crippen molar-refractivity contribution in [1.82, 2.24) is 0 Å². The fourth-order valence-electron chi connectivity index (χ4n) is 2.12. The summed E-state index contributed by atoms with van der Waals surface area (Å²) in [5.74, 6) is -0.138. The van der Waals surface area contributed by atoms with Crippen LogP contribution in [0.4, 0.5) is 0 Å². The molecule has 0 saturated carbocycles. The highest BCUT2D eigenvalue weighted by Crippen LogP contribution is 2.35. The minimum absolute atomic E-state index is 0.138. The molecule has 0 aromatic heterocycles. The molecule has 2 atom stereocenters. The van der Waals surface area contributed by atoms with E-state index in [-0.39, 0.29) is 5.92 Å². The Labute approximate surface area is 143 Å². The van der Waals surface area contributed by atoms with Gasteiger partial charge in [0.05, 0.1) is 6.10 Å². The summed E-state index contributed by atoms with van der Waals surface area (Å²) in [6.45, 7) is 0.380. The summed E-state index contributed by atoms with van der Waals surface area (Å²) in [5, 5.41) is 10.6. The summed E-state index contributed by atoms with van der Waals surface area (Å²) in [6.07, 6.45) is -0.649. The number of benzene rings is 2. The summed E-state index contributed by atoms with van der Waals surface area (Å²) >= 11 is 10.3. The number of hydrogen-bond donors (Lipinski definition) is 2. The molecule has 0 aliphatic rings. The van der Waals surface area contributed by atoms with Gasteiger partial charge in [-0.3, -0.25) is 0 Å². The standard InChI is InChI=1S/C15H14Br3NO/c16-10-3-1-9(2-4-10)13(8-19)15(20)12-6-5-11(17)7-14(12)18/h1-7,13,15,20H,8,19H2. The molecule has 0 radical (unpaired) electrons. The minimum atomic E-state index is -0.649. The third kappa shape index (κ3) is 3.71. The predicted octanol–water partition coefficient (Wildman–Crippen LogP) is 4.75. The number of aliphatic hydroxyl groups is 1. The first kappa shape index (κ1) is 16.2. The van der Waals surface area contributed by atoms with Gasteiger partial charge >= 0.3 is 0 Å². The third-order valence-electron chi connectivity index (χ3n) is 3.21. The van der Waals surface area contributed by atoms with E-state index in [0.717, 1.165) is 24.5 Å². The van der Waals surface area contributed by atoms with Crippen molar-refractivity contribution in [1.29, 1.82) is 0 Å². The van der Waals surface area contributed by atoms with E-state index in [1.807, 2.05) is 42.5 Å². The molecular weight excluding hydrogens is 450 g/mol. The summed E-state index contributed by atoms with van der Waals surface area (Å²) in [7, 11) is 0. The maximum Gasteiger partial charge on any atom is 0.0881 e. The molecule has 0 fully saturated rings. The van der Waals surface area contributed by atoms with Crippen molar-refractivity contribution in [2.75, 3.05) is 6.54 Å². The number of hydrogen-bond acceptors (Lipinski definition) is 2. The van der Waals surface area contributed by atoms with Gasteiger partial charge in [0.1, 0.15) is 0 Å². The van der Waals surface area contributed by atoms with Crippen LogP contribution in [0.2, 0.25) is 0 Å². The SMILES string of the molecule is NCC(c1ccc(Br)cc1)C(O)c1ccc(Br)cc1Br. The second kappa shape index (κ2) is 7.18. The van der Waals surface area contributed by atoms with Crippen LogP contribution in [0.5, 0.6) is 0 Å². The lowest BCUT2D eigenvalue weighted by Gasteiger charge is -2.23. The van der Waals surface area contributed by atoms with Gasteiger partial charge in [-0.2, -0.15) is 0 Å². The van der Waals surface area contributed by atoms with Gasteiger partial charge in [-0.15, -0.1) is 0 Å². The Balaban J connectivity index is 2.33. The molecule has 0 bridgehead atoms. The largest absolute Gasteiger partial charge is 0.388 e. The highest BCUT2D eigenvalue weighted by molar-refractivity contribution is 9.11. The molecule has 0 amide bonds. The first-order valence-corrected chi connectivity index (χ1v) is 8.49. The second-order valence-electron chi connectivity index (χ2n) is 4.50. The normalized spacial score (nSPS) is 14.1. The Hall–Kier alpha value is -0.200. The van der Waals surface area contributed by atoms with Gasteiger partial charge in [-0.05, 0) is 35.4 Å². The summed E-state index contributed by atoms with van der Waals surface area (Å²) < 4.78 is 2.85. The zero-order chi connectivity index (χ0) is 14.7. The van der Waals surface area contributed by atoms with Gasteiger partial charge in [-0.25, -0.2) is 0 Å². The highest BCUT2D eigenvalue weighted by atomic mass is 79.9. The van der Waals surface area contributed by atoms with E-state index in [1.54, 1.807) is 0 Å². The van der Waals surface area contributed by atoms with E-state index in [9.17, 15) is 5.11 Å². The molecule has 0 saturated heterocycles. The van der Waals surface area contributed by atoms with Gasteiger partial charge in [-0.1, -0.05) is 66.0 Å². The molecule has 2 aromatic carbocycles. The van der Waals surface area contributed by atoms with Crippen LogP contribution in [0.3, 0.4) is 0 Å². The van der Waals surface area contributed by atoms with Crippen LogP contribution >= 0.6 is 47.8 Å². The lowest BCUT2D eigenvalue weighted by molar-refractivity contribution is 0.146. The molecule has 0 aliphatic carbocycles. The molecule has 5 heteroatoms. The summed E-state index contributed by atoms with van der Waals surface area (Å²) in [6, 6.07) is 13.6. The zero-order valence-electron chi connectivity index (χ0n) is 10.6. The Morgan fingerprint density at radius 2 is 1.55 bits per heavy atom. The Morgan fingerprint density at radius 1 is 0.950 bits per heavy atom. The fraction of sp³-hybridized carbons (Fsp3) is 0.200. The van der Waals surface area contributed by atoms with Crippen molar-refractivity contribution < 1.29 is 5.11 Å². The van der Waals surface area contributed by atoms with Crippen LogP contribution in [0.15, 0.2) is 55.9 Å².